The highest BCUT2D eigenvalue weighted by Crippen LogP contribution is 2.36. The van der Waals surface area contributed by atoms with E-state index in [-0.39, 0.29) is 23.3 Å². The van der Waals surface area contributed by atoms with E-state index in [0.717, 1.165) is 47.5 Å². The number of nitrogens with zero attached hydrogens (tertiary/aromatic N) is 3. The minimum Gasteiger partial charge on any atom is -0.390 e. The van der Waals surface area contributed by atoms with E-state index in [0.29, 0.717) is 31.0 Å². The topological polar surface area (TPSA) is 94.8 Å². The Bertz CT molecular complexity index is 1430. The van der Waals surface area contributed by atoms with E-state index in [2.05, 4.69) is 52.7 Å². The van der Waals surface area contributed by atoms with Crippen LogP contribution in [0.1, 0.15) is 55.6 Å². The van der Waals surface area contributed by atoms with Gasteiger partial charge in [-0.15, -0.1) is 0 Å². The third kappa shape index (κ3) is 4.53. The van der Waals surface area contributed by atoms with Crippen LogP contribution in [0.5, 0.6) is 0 Å². The van der Waals surface area contributed by atoms with Crippen LogP contribution in [0, 0.1) is 0 Å². The van der Waals surface area contributed by atoms with Gasteiger partial charge < -0.3 is 20.5 Å². The summed E-state index contributed by atoms with van der Waals surface area (Å²) in [6, 6.07) is 10.1. The molecule has 2 aliphatic heterocycles. The lowest BCUT2D eigenvalue weighted by Gasteiger charge is -2.33. The highest BCUT2D eigenvalue weighted by atomic mass is 16.2. The SMILES string of the molecule is C=C(/C=C(\N=C/N)N1CCC(c2cc3c([nH]c2=O)=CCCC=3)CC1)C(=O)N1CC(C)c2ccccc21. The van der Waals surface area contributed by atoms with Crippen LogP contribution in [0.25, 0.3) is 12.2 Å². The van der Waals surface area contributed by atoms with Crippen molar-refractivity contribution < 1.29 is 4.79 Å². The van der Waals surface area contributed by atoms with Gasteiger partial charge in [-0.25, -0.2) is 4.99 Å². The van der Waals surface area contributed by atoms with E-state index in [1.165, 1.54) is 11.9 Å². The fraction of sp³-hybridized carbons (Fsp3) is 0.345. The molecular weight excluding hydrogens is 450 g/mol. The zero-order chi connectivity index (χ0) is 25.2. The molecule has 1 fully saturated rings. The molecule has 1 atom stereocenters. The van der Waals surface area contributed by atoms with E-state index in [1.807, 2.05) is 18.2 Å². The molecule has 0 spiro atoms. The second-order valence-corrected chi connectivity index (χ2v) is 9.85. The van der Waals surface area contributed by atoms with Crippen LogP contribution in [-0.4, -0.2) is 41.8 Å². The van der Waals surface area contributed by atoms with Crippen molar-refractivity contribution in [2.24, 2.45) is 10.7 Å². The van der Waals surface area contributed by atoms with E-state index in [9.17, 15) is 9.59 Å². The van der Waals surface area contributed by atoms with Gasteiger partial charge in [0.05, 0.1) is 6.34 Å². The minimum atomic E-state index is -0.125. The zero-order valence-electron chi connectivity index (χ0n) is 20.7. The summed E-state index contributed by atoms with van der Waals surface area (Å²) in [5.41, 5.74) is 9.02. The number of nitrogens with one attached hydrogen (secondary N) is 1. The molecule has 0 saturated carbocycles. The first-order valence-electron chi connectivity index (χ1n) is 12.7. The lowest BCUT2D eigenvalue weighted by atomic mass is 9.89. The number of carbonyl (C=O) groups excluding carboxylic acids is 1. The molecule has 3 aliphatic rings. The van der Waals surface area contributed by atoms with Crippen molar-refractivity contribution in [3.05, 3.63) is 86.4 Å². The quantitative estimate of drug-likeness (QED) is 0.296. The number of hydrogen-bond acceptors (Lipinski definition) is 4. The number of benzene rings is 1. The summed E-state index contributed by atoms with van der Waals surface area (Å²) in [6.07, 6.45) is 10.9. The molecule has 36 heavy (non-hydrogen) atoms. The number of carbonyl (C=O) groups is 1. The van der Waals surface area contributed by atoms with Crippen LogP contribution in [-0.2, 0) is 4.79 Å². The fourth-order valence-electron chi connectivity index (χ4n) is 5.60. The van der Waals surface area contributed by atoms with Gasteiger partial charge in [-0.2, -0.15) is 0 Å². The van der Waals surface area contributed by atoms with Crippen LogP contribution in [0.15, 0.2) is 64.2 Å². The lowest BCUT2D eigenvalue weighted by molar-refractivity contribution is -0.114. The fourth-order valence-corrected chi connectivity index (χ4v) is 5.60. The monoisotopic (exact) mass is 483 g/mol. The summed E-state index contributed by atoms with van der Waals surface area (Å²) in [6.45, 7) is 8.26. The van der Waals surface area contributed by atoms with Crippen molar-refractivity contribution in [2.75, 3.05) is 24.5 Å². The molecule has 186 valence electrons. The number of aliphatic imine (C=N–C) groups is 1. The first-order valence-corrected chi connectivity index (χ1v) is 12.7. The molecule has 1 amide bonds. The highest BCUT2D eigenvalue weighted by Gasteiger charge is 2.31. The standard InChI is InChI=1S/C29H33N5O2/c1-19(29(36)34-17-20(2)23-8-4-6-10-26(23)34)15-27(31-18-30)33-13-11-21(12-14-33)24-16-22-7-3-5-9-25(22)32-28(24)35/h4,6-10,15-16,18,20-21H,1,3,5,11-14,17H2,2H3,(H2,30,31)(H,32,35)/b27-15+. The average molecular weight is 484 g/mol. The number of hydrogen-bond donors (Lipinski definition) is 2. The second-order valence-electron chi connectivity index (χ2n) is 9.85. The van der Waals surface area contributed by atoms with Crippen molar-refractivity contribution in [1.29, 1.82) is 0 Å². The first kappa shape index (κ1) is 23.9. The Morgan fingerprint density at radius 3 is 2.69 bits per heavy atom. The van der Waals surface area contributed by atoms with Crippen molar-refractivity contribution in [1.82, 2.24) is 9.88 Å². The number of amides is 1. The Balaban J connectivity index is 1.31. The molecule has 3 N–H and O–H groups in total. The van der Waals surface area contributed by atoms with Gasteiger partial charge >= 0.3 is 0 Å². The number of para-hydroxylation sites is 1. The van der Waals surface area contributed by atoms with Gasteiger partial charge in [0.25, 0.3) is 11.5 Å². The van der Waals surface area contributed by atoms with Crippen LogP contribution in [0.2, 0.25) is 0 Å². The molecule has 1 unspecified atom stereocenters. The molecule has 2 aromatic rings. The first-order chi connectivity index (χ1) is 17.5. The highest BCUT2D eigenvalue weighted by molar-refractivity contribution is 6.08. The summed E-state index contributed by atoms with van der Waals surface area (Å²) in [4.78, 5) is 37.4. The minimum absolute atomic E-state index is 0.00796. The van der Waals surface area contributed by atoms with Crippen LogP contribution in [0.3, 0.4) is 0 Å². The van der Waals surface area contributed by atoms with E-state index in [4.69, 9.17) is 5.73 Å². The van der Waals surface area contributed by atoms with Gasteiger partial charge in [0.1, 0.15) is 5.82 Å². The van der Waals surface area contributed by atoms with E-state index < -0.39 is 0 Å². The Labute approximate surface area is 211 Å². The number of piperidine rings is 1. The number of anilines is 1. The van der Waals surface area contributed by atoms with Crippen LogP contribution < -0.4 is 26.8 Å². The number of nitrogens with two attached hydrogens (primary N) is 1. The third-order valence-corrected chi connectivity index (χ3v) is 7.52. The van der Waals surface area contributed by atoms with E-state index >= 15 is 0 Å². The Hall–Kier alpha value is -3.87. The molecule has 1 aromatic carbocycles. The molecule has 3 heterocycles. The largest absolute Gasteiger partial charge is 0.390 e. The molecule has 7 heteroatoms. The van der Waals surface area contributed by atoms with Crippen LogP contribution in [0.4, 0.5) is 5.69 Å². The van der Waals surface area contributed by atoms with Crippen molar-refractivity contribution >= 4 is 30.1 Å². The summed E-state index contributed by atoms with van der Waals surface area (Å²) >= 11 is 0. The maximum absolute atomic E-state index is 13.3. The number of H-pyrrole nitrogens is 1. The van der Waals surface area contributed by atoms with Crippen LogP contribution >= 0.6 is 0 Å². The molecule has 1 saturated heterocycles. The number of fused-ring (bicyclic) bond motifs is 2. The van der Waals surface area contributed by atoms with Crippen molar-refractivity contribution in [3.63, 3.8) is 0 Å². The number of rotatable bonds is 5. The average Bonchev–Trinajstić information content (AvgIpc) is 3.24. The third-order valence-electron chi connectivity index (χ3n) is 7.52. The number of aromatic amines is 1. The van der Waals surface area contributed by atoms with Crippen molar-refractivity contribution in [2.45, 2.75) is 44.4 Å². The smallest absolute Gasteiger partial charge is 0.257 e. The number of pyridine rings is 1. The van der Waals surface area contributed by atoms with Gasteiger partial charge in [0, 0.05) is 47.7 Å². The van der Waals surface area contributed by atoms with Crippen molar-refractivity contribution in [3.8, 4) is 0 Å². The number of aromatic nitrogens is 1. The van der Waals surface area contributed by atoms with Gasteiger partial charge in [-0.3, -0.25) is 9.59 Å². The number of likely N-dealkylation sites (tertiary alicyclic amines) is 1. The summed E-state index contributed by atoms with van der Waals surface area (Å²) in [7, 11) is 0. The molecule has 0 bridgehead atoms. The Kier molecular flexibility index (Phi) is 6.63. The normalized spacial score (nSPS) is 20.0. The Morgan fingerprint density at radius 2 is 1.92 bits per heavy atom. The molecular formula is C29H33N5O2. The zero-order valence-corrected chi connectivity index (χ0v) is 20.7. The van der Waals surface area contributed by atoms with Gasteiger partial charge in [0.15, 0.2) is 0 Å². The summed E-state index contributed by atoms with van der Waals surface area (Å²) < 4.78 is 0. The summed E-state index contributed by atoms with van der Waals surface area (Å²) in [5, 5.41) is 2.06. The van der Waals surface area contributed by atoms with Gasteiger partial charge in [-0.1, -0.05) is 43.9 Å². The Morgan fingerprint density at radius 1 is 1.17 bits per heavy atom. The maximum atomic E-state index is 13.3. The molecule has 5 rings (SSSR count). The second kappa shape index (κ2) is 10.0. The maximum Gasteiger partial charge on any atom is 0.257 e. The molecule has 1 aromatic heterocycles. The molecule has 7 nitrogen and oxygen atoms in total. The van der Waals surface area contributed by atoms with Gasteiger partial charge in [-0.05, 0) is 60.6 Å². The molecule has 0 radical (unpaired) electrons. The predicted octanol–water partition coefficient (Wildman–Crippen LogP) is 2.44. The predicted molar refractivity (Wildman–Crippen MR) is 145 cm³/mol. The van der Waals surface area contributed by atoms with E-state index in [1.54, 1.807) is 11.0 Å². The summed E-state index contributed by atoms with van der Waals surface area (Å²) in [5.74, 6) is 0.961. The molecule has 1 aliphatic carbocycles. The lowest BCUT2D eigenvalue weighted by Crippen LogP contribution is -2.40. The van der Waals surface area contributed by atoms with Gasteiger partial charge in [0.2, 0.25) is 0 Å².